The lowest BCUT2D eigenvalue weighted by Gasteiger charge is -2.11. The van der Waals surface area contributed by atoms with Crippen LogP contribution in [0.3, 0.4) is 0 Å². The van der Waals surface area contributed by atoms with Crippen LogP contribution in [0, 0.1) is 0 Å². The molecule has 0 aliphatic heterocycles. The third kappa shape index (κ3) is 3.32. The van der Waals surface area contributed by atoms with E-state index < -0.39 is 6.16 Å². The minimum absolute atomic E-state index is 0.171. The van der Waals surface area contributed by atoms with Crippen molar-refractivity contribution in [2.45, 2.75) is 26.6 Å². The quantitative estimate of drug-likeness (QED) is 0.488. The van der Waals surface area contributed by atoms with Gasteiger partial charge in [-0.3, -0.25) is 0 Å². The molecule has 0 aliphatic carbocycles. The highest BCUT2D eigenvalue weighted by molar-refractivity contribution is 6.10. The summed E-state index contributed by atoms with van der Waals surface area (Å²) < 4.78 is 21.3. The summed E-state index contributed by atoms with van der Waals surface area (Å²) >= 11 is 0. The fourth-order valence-corrected chi connectivity index (χ4v) is 3.20. The second-order valence-electron chi connectivity index (χ2n) is 6.64. The maximum atomic E-state index is 12.0. The topological polar surface area (TPSA) is 86.6 Å². The summed E-state index contributed by atoms with van der Waals surface area (Å²) in [5.74, 6) is 0.944. The molecule has 0 fully saturated rings. The van der Waals surface area contributed by atoms with Gasteiger partial charge in [0, 0.05) is 29.0 Å². The Morgan fingerprint density at radius 3 is 2.82 bits per heavy atom. The fourth-order valence-electron chi connectivity index (χ4n) is 3.20. The number of rotatable bonds is 5. The molecule has 7 heteroatoms. The summed E-state index contributed by atoms with van der Waals surface area (Å²) in [5.41, 5.74) is 3.37. The summed E-state index contributed by atoms with van der Waals surface area (Å²) in [6.07, 6.45) is 2.20. The number of nitrogens with zero attached hydrogens (tertiary/aromatic N) is 1. The molecule has 0 atom stereocenters. The first-order chi connectivity index (χ1) is 13.6. The standard InChI is InChI=1S/C21H20N2O5/c1-12(2)27-21(24)28-20-15(11-25-3)19-14-9-13(18-5-4-8-26-18)6-7-16(14)23-17(19)10-22-20/h4-10,12,23H,11H2,1-3H3. The average Bonchev–Trinajstić information content (AvgIpc) is 3.30. The molecule has 28 heavy (non-hydrogen) atoms. The van der Waals surface area contributed by atoms with Gasteiger partial charge in [-0.15, -0.1) is 0 Å². The highest BCUT2D eigenvalue weighted by Crippen LogP contribution is 2.35. The smallest absolute Gasteiger partial charge is 0.464 e. The third-order valence-electron chi connectivity index (χ3n) is 4.30. The number of hydrogen-bond acceptors (Lipinski definition) is 6. The number of furan rings is 1. The van der Waals surface area contributed by atoms with Gasteiger partial charge in [0.25, 0.3) is 0 Å². The normalized spacial score (nSPS) is 11.4. The van der Waals surface area contributed by atoms with Gasteiger partial charge < -0.3 is 23.6 Å². The molecule has 3 heterocycles. The maximum Gasteiger partial charge on any atom is 0.515 e. The second kappa shape index (κ2) is 7.36. The molecular weight excluding hydrogens is 360 g/mol. The van der Waals surface area contributed by atoms with Crippen LogP contribution in [0.25, 0.3) is 33.1 Å². The third-order valence-corrected chi connectivity index (χ3v) is 4.30. The molecule has 0 unspecified atom stereocenters. The zero-order valence-corrected chi connectivity index (χ0v) is 15.8. The SMILES string of the molecule is COCc1c(OC(=O)OC(C)C)ncc2[nH]c3ccc(-c4ccco4)cc3c12. The Morgan fingerprint density at radius 2 is 2.11 bits per heavy atom. The van der Waals surface area contributed by atoms with E-state index in [0.29, 0.717) is 5.56 Å². The van der Waals surface area contributed by atoms with Crippen molar-refractivity contribution in [3.05, 3.63) is 48.4 Å². The van der Waals surface area contributed by atoms with Crippen molar-refractivity contribution in [3.63, 3.8) is 0 Å². The number of carbonyl (C=O) groups excluding carboxylic acids is 1. The van der Waals surface area contributed by atoms with Crippen LogP contribution in [0.5, 0.6) is 5.88 Å². The van der Waals surface area contributed by atoms with Crippen LogP contribution in [-0.2, 0) is 16.1 Å². The lowest BCUT2D eigenvalue weighted by atomic mass is 10.1. The molecular formula is C21H20N2O5. The van der Waals surface area contributed by atoms with Gasteiger partial charge in [-0.1, -0.05) is 0 Å². The van der Waals surface area contributed by atoms with E-state index in [1.54, 1.807) is 33.4 Å². The van der Waals surface area contributed by atoms with Crippen molar-refractivity contribution in [3.8, 4) is 17.2 Å². The van der Waals surface area contributed by atoms with Crippen molar-refractivity contribution in [2.24, 2.45) is 0 Å². The Labute approximate surface area is 161 Å². The van der Waals surface area contributed by atoms with E-state index in [1.807, 2.05) is 30.3 Å². The Kier molecular flexibility index (Phi) is 4.75. The number of H-pyrrole nitrogens is 1. The molecule has 144 valence electrons. The summed E-state index contributed by atoms with van der Waals surface area (Å²) in [4.78, 5) is 19.6. The first-order valence-electron chi connectivity index (χ1n) is 8.91. The van der Waals surface area contributed by atoms with Crippen molar-refractivity contribution < 1.29 is 23.4 Å². The first-order valence-corrected chi connectivity index (χ1v) is 8.91. The van der Waals surface area contributed by atoms with Crippen LogP contribution in [0.2, 0.25) is 0 Å². The average molecular weight is 380 g/mol. The number of pyridine rings is 1. The molecule has 0 bridgehead atoms. The molecule has 0 saturated heterocycles. The second-order valence-corrected chi connectivity index (χ2v) is 6.64. The summed E-state index contributed by atoms with van der Waals surface area (Å²) in [7, 11) is 1.58. The van der Waals surface area contributed by atoms with Crippen LogP contribution in [0.1, 0.15) is 19.4 Å². The lowest BCUT2D eigenvalue weighted by Crippen LogP contribution is -2.17. The van der Waals surface area contributed by atoms with Crippen LogP contribution >= 0.6 is 0 Å². The summed E-state index contributed by atoms with van der Waals surface area (Å²) in [6, 6.07) is 9.75. The Bertz CT molecular complexity index is 1130. The molecule has 0 saturated carbocycles. The fraction of sp³-hybridized carbons (Fsp3) is 0.238. The zero-order chi connectivity index (χ0) is 19.7. The molecule has 0 amide bonds. The number of ether oxygens (including phenoxy) is 3. The molecule has 1 aromatic carbocycles. The van der Waals surface area contributed by atoms with E-state index in [-0.39, 0.29) is 18.6 Å². The number of benzene rings is 1. The van der Waals surface area contributed by atoms with Crippen molar-refractivity contribution in [1.82, 2.24) is 9.97 Å². The predicted molar refractivity (Wildman–Crippen MR) is 104 cm³/mol. The van der Waals surface area contributed by atoms with Crippen LogP contribution < -0.4 is 4.74 Å². The van der Waals surface area contributed by atoms with Crippen molar-refractivity contribution >= 4 is 28.0 Å². The summed E-state index contributed by atoms with van der Waals surface area (Å²) in [6.45, 7) is 3.74. The minimum atomic E-state index is -0.796. The monoisotopic (exact) mass is 380 g/mol. The molecule has 7 nitrogen and oxygen atoms in total. The first kappa shape index (κ1) is 18.1. The molecule has 1 N–H and O–H groups in total. The van der Waals surface area contributed by atoms with Gasteiger partial charge in [-0.25, -0.2) is 9.78 Å². The number of hydrogen-bond donors (Lipinski definition) is 1. The molecule has 4 rings (SSSR count). The van der Waals surface area contributed by atoms with Gasteiger partial charge in [-0.05, 0) is 44.2 Å². The molecule has 4 aromatic rings. The highest BCUT2D eigenvalue weighted by atomic mass is 16.7. The van der Waals surface area contributed by atoms with Gasteiger partial charge in [0.05, 0.1) is 36.3 Å². The minimum Gasteiger partial charge on any atom is -0.464 e. The lowest BCUT2D eigenvalue weighted by molar-refractivity contribution is 0.0705. The van der Waals surface area contributed by atoms with Crippen molar-refractivity contribution in [1.29, 1.82) is 0 Å². The van der Waals surface area contributed by atoms with Gasteiger partial charge in [0.1, 0.15) is 5.76 Å². The molecule has 0 aliphatic rings. The largest absolute Gasteiger partial charge is 0.515 e. The predicted octanol–water partition coefficient (Wildman–Crippen LogP) is 5.05. The highest BCUT2D eigenvalue weighted by Gasteiger charge is 2.19. The van der Waals surface area contributed by atoms with E-state index in [2.05, 4.69) is 9.97 Å². The molecule has 0 spiro atoms. The number of carbonyl (C=O) groups is 1. The van der Waals surface area contributed by atoms with Crippen LogP contribution in [0.4, 0.5) is 4.79 Å². The number of aromatic amines is 1. The summed E-state index contributed by atoms with van der Waals surface area (Å²) in [5, 5.41) is 1.84. The number of nitrogens with one attached hydrogen (secondary N) is 1. The number of aromatic nitrogens is 2. The van der Waals surface area contributed by atoms with Gasteiger partial charge in [0.15, 0.2) is 0 Å². The zero-order valence-electron chi connectivity index (χ0n) is 15.8. The van der Waals surface area contributed by atoms with Gasteiger partial charge in [-0.2, -0.15) is 0 Å². The Balaban J connectivity index is 1.87. The number of methoxy groups -OCH3 is 1. The van der Waals surface area contributed by atoms with Crippen LogP contribution in [0.15, 0.2) is 47.2 Å². The molecule has 0 radical (unpaired) electrons. The van der Waals surface area contributed by atoms with Crippen molar-refractivity contribution in [2.75, 3.05) is 7.11 Å². The van der Waals surface area contributed by atoms with Gasteiger partial charge >= 0.3 is 6.16 Å². The van der Waals surface area contributed by atoms with E-state index in [0.717, 1.165) is 33.1 Å². The van der Waals surface area contributed by atoms with E-state index in [4.69, 9.17) is 18.6 Å². The van der Waals surface area contributed by atoms with E-state index in [1.165, 1.54) is 0 Å². The molecule has 3 aromatic heterocycles. The Morgan fingerprint density at radius 1 is 1.25 bits per heavy atom. The Hall–Kier alpha value is -3.32. The number of fused-ring (bicyclic) bond motifs is 3. The van der Waals surface area contributed by atoms with E-state index in [9.17, 15) is 4.79 Å². The van der Waals surface area contributed by atoms with Crippen LogP contribution in [-0.4, -0.2) is 29.3 Å². The van der Waals surface area contributed by atoms with E-state index >= 15 is 0 Å². The maximum absolute atomic E-state index is 12.0. The van der Waals surface area contributed by atoms with Gasteiger partial charge in [0.2, 0.25) is 5.88 Å².